The van der Waals surface area contributed by atoms with E-state index in [1.54, 1.807) is 0 Å². The average Bonchev–Trinajstić information content (AvgIpc) is 2.76. The molecule has 2 aliphatic rings. The Bertz CT molecular complexity index is 265. The molecule has 0 aromatic rings. The molecule has 92 valence electrons. The quantitative estimate of drug-likeness (QED) is 0.784. The molecule has 1 amide bonds. The molecule has 16 heavy (non-hydrogen) atoms. The molecule has 2 fully saturated rings. The van der Waals surface area contributed by atoms with Crippen LogP contribution < -0.4 is 5.32 Å². The van der Waals surface area contributed by atoms with E-state index in [2.05, 4.69) is 12.2 Å². The first kappa shape index (κ1) is 11.9. The second kappa shape index (κ2) is 4.74. The van der Waals surface area contributed by atoms with Gasteiger partial charge in [0.25, 0.3) is 0 Å². The molecule has 2 rings (SSSR count). The first-order valence-corrected chi connectivity index (χ1v) is 6.50. The number of hydrogen-bond donors (Lipinski definition) is 1. The number of fused-ring (bicyclic) bond motifs is 2. The lowest BCUT2D eigenvalue weighted by Gasteiger charge is -2.28. The molecule has 2 aliphatic carbocycles. The number of carbonyl (C=O) groups excluding carboxylic acids is 1. The van der Waals surface area contributed by atoms with Gasteiger partial charge in [-0.25, -0.2) is 0 Å². The zero-order valence-corrected chi connectivity index (χ0v) is 10.7. The summed E-state index contributed by atoms with van der Waals surface area (Å²) in [6, 6.07) is 0.364. The van der Waals surface area contributed by atoms with Crippen LogP contribution in [0.25, 0.3) is 0 Å². The molecule has 0 aromatic heterocycles. The number of amides is 1. The largest absolute Gasteiger partial charge is 0.352 e. The third kappa shape index (κ3) is 2.57. The molecule has 0 radical (unpaired) electrons. The van der Waals surface area contributed by atoms with Gasteiger partial charge in [0.1, 0.15) is 0 Å². The molecule has 3 nitrogen and oxygen atoms in total. The number of carbonyl (C=O) groups is 1. The summed E-state index contributed by atoms with van der Waals surface area (Å²) < 4.78 is 0. The number of nitrogens with zero attached hydrogens (tertiary/aromatic N) is 1. The number of rotatable bonds is 4. The van der Waals surface area contributed by atoms with Crippen LogP contribution in [-0.2, 0) is 4.79 Å². The van der Waals surface area contributed by atoms with Crippen molar-refractivity contribution in [3.8, 4) is 0 Å². The smallest absolute Gasteiger partial charge is 0.234 e. The number of hydrogen-bond acceptors (Lipinski definition) is 2. The molecular formula is C13H24N2O. The van der Waals surface area contributed by atoms with Crippen LogP contribution in [0.5, 0.6) is 0 Å². The molecule has 0 heterocycles. The maximum absolute atomic E-state index is 11.7. The van der Waals surface area contributed by atoms with E-state index in [9.17, 15) is 4.79 Å². The lowest BCUT2D eigenvalue weighted by molar-refractivity contribution is -0.122. The van der Waals surface area contributed by atoms with E-state index in [-0.39, 0.29) is 5.91 Å². The normalized spacial score (nSPS) is 34.4. The summed E-state index contributed by atoms with van der Waals surface area (Å²) in [6.07, 6.45) is 5.58. The summed E-state index contributed by atoms with van der Waals surface area (Å²) in [6.45, 7) is 2.68. The summed E-state index contributed by atoms with van der Waals surface area (Å²) in [7, 11) is 3.86. The zero-order chi connectivity index (χ0) is 11.7. The van der Waals surface area contributed by atoms with Crippen molar-refractivity contribution in [3.05, 3.63) is 0 Å². The van der Waals surface area contributed by atoms with E-state index in [1.165, 1.54) is 25.7 Å². The summed E-state index contributed by atoms with van der Waals surface area (Å²) in [4.78, 5) is 13.6. The minimum Gasteiger partial charge on any atom is -0.352 e. The van der Waals surface area contributed by atoms with Gasteiger partial charge in [-0.15, -0.1) is 0 Å². The summed E-state index contributed by atoms with van der Waals surface area (Å²) >= 11 is 0. The van der Waals surface area contributed by atoms with E-state index >= 15 is 0 Å². The minimum absolute atomic E-state index is 0.167. The van der Waals surface area contributed by atoms with Crippen LogP contribution >= 0.6 is 0 Å². The second-order valence-electron chi connectivity index (χ2n) is 5.93. The predicted molar refractivity (Wildman–Crippen MR) is 65.1 cm³/mol. The van der Waals surface area contributed by atoms with Crippen molar-refractivity contribution in [1.29, 1.82) is 0 Å². The van der Waals surface area contributed by atoms with Gasteiger partial charge in [0.2, 0.25) is 5.91 Å². The Morgan fingerprint density at radius 3 is 2.62 bits per heavy atom. The van der Waals surface area contributed by atoms with E-state index in [4.69, 9.17) is 0 Å². The summed E-state index contributed by atoms with van der Waals surface area (Å²) in [5.74, 6) is 2.76. The standard InChI is InChI=1S/C13H24N2O/c1-9(14-13(16)8-15(2)3)12-7-10-4-5-11(12)6-10/h9-12H,4-8H2,1-3H3,(H,14,16)/t9-,10-,11-,12-/m0/s1. The van der Waals surface area contributed by atoms with Crippen LogP contribution in [-0.4, -0.2) is 37.5 Å². The van der Waals surface area contributed by atoms with Gasteiger partial charge < -0.3 is 10.2 Å². The monoisotopic (exact) mass is 224 g/mol. The summed E-state index contributed by atoms with van der Waals surface area (Å²) in [5.41, 5.74) is 0. The van der Waals surface area contributed by atoms with Gasteiger partial charge >= 0.3 is 0 Å². The van der Waals surface area contributed by atoms with Crippen molar-refractivity contribution < 1.29 is 4.79 Å². The zero-order valence-electron chi connectivity index (χ0n) is 10.7. The SMILES string of the molecule is C[C@H](NC(=O)CN(C)C)[C@@H]1C[C@H]2CC[C@H]1C2. The molecule has 2 saturated carbocycles. The maximum atomic E-state index is 11.7. The Labute approximate surface area is 98.6 Å². The number of likely N-dealkylation sites (N-methyl/N-ethyl adjacent to an activating group) is 1. The van der Waals surface area contributed by atoms with Crippen LogP contribution in [0, 0.1) is 17.8 Å². The van der Waals surface area contributed by atoms with Gasteiger partial charge in [-0.05, 0) is 58.0 Å². The van der Waals surface area contributed by atoms with Crippen molar-refractivity contribution in [1.82, 2.24) is 10.2 Å². The highest BCUT2D eigenvalue weighted by molar-refractivity contribution is 5.78. The average molecular weight is 224 g/mol. The van der Waals surface area contributed by atoms with Gasteiger partial charge in [-0.2, -0.15) is 0 Å². The van der Waals surface area contributed by atoms with E-state index < -0.39 is 0 Å². The Hall–Kier alpha value is -0.570. The Balaban J connectivity index is 1.80. The van der Waals surface area contributed by atoms with Crippen LogP contribution in [0.2, 0.25) is 0 Å². The molecule has 0 unspecified atom stereocenters. The molecule has 3 heteroatoms. The topological polar surface area (TPSA) is 32.3 Å². The highest BCUT2D eigenvalue weighted by Gasteiger charge is 2.42. The van der Waals surface area contributed by atoms with Crippen molar-refractivity contribution in [2.45, 2.75) is 38.6 Å². The highest BCUT2D eigenvalue weighted by atomic mass is 16.2. The van der Waals surface area contributed by atoms with Gasteiger partial charge in [-0.1, -0.05) is 6.42 Å². The van der Waals surface area contributed by atoms with Crippen LogP contribution in [0.3, 0.4) is 0 Å². The molecule has 0 aliphatic heterocycles. The fourth-order valence-corrected chi connectivity index (χ4v) is 3.60. The minimum atomic E-state index is 0.167. The van der Waals surface area contributed by atoms with Crippen molar-refractivity contribution in [2.75, 3.05) is 20.6 Å². The molecular weight excluding hydrogens is 200 g/mol. The predicted octanol–water partition coefficient (Wildman–Crippen LogP) is 1.49. The van der Waals surface area contributed by atoms with E-state index in [1.807, 2.05) is 19.0 Å². The Morgan fingerprint density at radius 1 is 1.38 bits per heavy atom. The Morgan fingerprint density at radius 2 is 2.12 bits per heavy atom. The summed E-state index contributed by atoms with van der Waals surface area (Å²) in [5, 5.41) is 3.16. The van der Waals surface area contributed by atoms with E-state index in [0.29, 0.717) is 12.6 Å². The van der Waals surface area contributed by atoms with Crippen LogP contribution in [0.4, 0.5) is 0 Å². The van der Waals surface area contributed by atoms with E-state index in [0.717, 1.165) is 17.8 Å². The number of nitrogens with one attached hydrogen (secondary N) is 1. The molecule has 0 spiro atoms. The van der Waals surface area contributed by atoms with Gasteiger partial charge in [0.05, 0.1) is 6.54 Å². The Kier molecular flexibility index (Phi) is 3.53. The molecule has 4 atom stereocenters. The van der Waals surface area contributed by atoms with Gasteiger partial charge in [-0.3, -0.25) is 4.79 Å². The molecule has 1 N–H and O–H groups in total. The van der Waals surface area contributed by atoms with Crippen molar-refractivity contribution in [2.24, 2.45) is 17.8 Å². The fraction of sp³-hybridized carbons (Fsp3) is 0.923. The molecule has 0 saturated heterocycles. The van der Waals surface area contributed by atoms with Crippen molar-refractivity contribution >= 4 is 5.91 Å². The first-order chi connectivity index (χ1) is 7.56. The molecule has 0 aromatic carbocycles. The van der Waals surface area contributed by atoms with Gasteiger partial charge in [0, 0.05) is 6.04 Å². The highest BCUT2D eigenvalue weighted by Crippen LogP contribution is 2.49. The fourth-order valence-electron chi connectivity index (χ4n) is 3.60. The lowest BCUT2D eigenvalue weighted by atomic mass is 9.84. The third-order valence-electron chi connectivity index (χ3n) is 4.28. The maximum Gasteiger partial charge on any atom is 0.234 e. The van der Waals surface area contributed by atoms with Crippen molar-refractivity contribution in [3.63, 3.8) is 0 Å². The second-order valence-corrected chi connectivity index (χ2v) is 5.93. The first-order valence-electron chi connectivity index (χ1n) is 6.50. The van der Waals surface area contributed by atoms with Gasteiger partial charge in [0.15, 0.2) is 0 Å². The third-order valence-corrected chi connectivity index (χ3v) is 4.28. The molecule has 2 bridgehead atoms. The van der Waals surface area contributed by atoms with Crippen LogP contribution in [0.1, 0.15) is 32.6 Å². The van der Waals surface area contributed by atoms with Crippen LogP contribution in [0.15, 0.2) is 0 Å². The lowest BCUT2D eigenvalue weighted by Crippen LogP contribution is -2.43.